The molecule has 6 heteroatoms. The molecule has 1 atom stereocenters. The lowest BCUT2D eigenvalue weighted by molar-refractivity contribution is -0.0211. The summed E-state index contributed by atoms with van der Waals surface area (Å²) in [6.45, 7) is 5.89. The highest BCUT2D eigenvalue weighted by Crippen LogP contribution is 2.14. The highest BCUT2D eigenvalue weighted by Gasteiger charge is 2.26. The molecule has 0 aliphatic carbocycles. The van der Waals surface area contributed by atoms with E-state index in [0.29, 0.717) is 13.2 Å². The molecule has 0 aromatic heterocycles. The Bertz CT molecular complexity index is 285. The molecule has 0 aromatic rings. The summed E-state index contributed by atoms with van der Waals surface area (Å²) in [5, 5.41) is 12.4. The average molecular weight is 227 g/mol. The van der Waals surface area contributed by atoms with E-state index in [9.17, 15) is 4.91 Å². The van der Waals surface area contributed by atoms with E-state index in [1.54, 1.807) is 0 Å². The summed E-state index contributed by atoms with van der Waals surface area (Å²) < 4.78 is 10.7. The monoisotopic (exact) mass is 227 g/mol. The van der Waals surface area contributed by atoms with Crippen molar-refractivity contribution < 1.29 is 9.47 Å². The van der Waals surface area contributed by atoms with Crippen LogP contribution in [0.25, 0.3) is 0 Å². The molecule has 0 aromatic carbocycles. The molecule has 0 radical (unpaired) electrons. The van der Waals surface area contributed by atoms with Crippen LogP contribution in [0.4, 0.5) is 0 Å². The third-order valence-electron chi connectivity index (χ3n) is 2.05. The Hall–Kier alpha value is -1.27. The van der Waals surface area contributed by atoms with Gasteiger partial charge in [0.2, 0.25) is 0 Å². The summed E-state index contributed by atoms with van der Waals surface area (Å²) >= 11 is 0. The molecule has 0 bridgehead atoms. The van der Waals surface area contributed by atoms with Gasteiger partial charge in [0.05, 0.1) is 18.8 Å². The van der Waals surface area contributed by atoms with Crippen molar-refractivity contribution in [1.29, 1.82) is 5.41 Å². The van der Waals surface area contributed by atoms with Crippen molar-refractivity contribution in [1.82, 2.24) is 5.32 Å². The van der Waals surface area contributed by atoms with Gasteiger partial charge in [0.15, 0.2) is 5.84 Å². The lowest BCUT2D eigenvalue weighted by atomic mass is 10.1. The predicted octanol–water partition coefficient (Wildman–Crippen LogP) is 1.03. The van der Waals surface area contributed by atoms with Crippen LogP contribution in [0.3, 0.4) is 0 Å². The summed E-state index contributed by atoms with van der Waals surface area (Å²) in [4.78, 5) is 9.89. The van der Waals surface area contributed by atoms with E-state index < -0.39 is 0 Å². The first-order chi connectivity index (χ1) is 7.53. The molecule has 0 spiro atoms. The van der Waals surface area contributed by atoms with Crippen molar-refractivity contribution in [2.24, 2.45) is 5.18 Å². The maximum Gasteiger partial charge on any atom is 0.190 e. The van der Waals surface area contributed by atoms with Gasteiger partial charge in [-0.3, -0.25) is 5.41 Å². The largest absolute Gasteiger partial charge is 0.388 e. The lowest BCUT2D eigenvalue weighted by Gasteiger charge is -2.24. The normalized spacial score (nSPS) is 19.8. The second-order valence-corrected chi connectivity index (χ2v) is 4.22. The van der Waals surface area contributed by atoms with Gasteiger partial charge < -0.3 is 14.8 Å². The van der Waals surface area contributed by atoms with E-state index in [0.717, 1.165) is 6.61 Å². The van der Waals surface area contributed by atoms with Gasteiger partial charge in [0, 0.05) is 18.8 Å². The van der Waals surface area contributed by atoms with Crippen molar-refractivity contribution in [2.75, 3.05) is 19.8 Å². The van der Waals surface area contributed by atoms with Gasteiger partial charge in [0.25, 0.3) is 0 Å². The van der Waals surface area contributed by atoms with Gasteiger partial charge in [-0.25, -0.2) is 0 Å². The molecule has 0 saturated carbocycles. The van der Waals surface area contributed by atoms with E-state index >= 15 is 0 Å². The number of rotatable bonds is 7. The van der Waals surface area contributed by atoms with E-state index in [2.05, 4.69) is 10.5 Å². The highest BCUT2D eigenvalue weighted by molar-refractivity contribution is 5.90. The van der Waals surface area contributed by atoms with Gasteiger partial charge in [-0.15, -0.1) is 4.91 Å². The van der Waals surface area contributed by atoms with Crippen LogP contribution in [0.2, 0.25) is 0 Å². The fourth-order valence-electron chi connectivity index (χ4n) is 1.01. The van der Waals surface area contributed by atoms with Crippen LogP contribution in [0.15, 0.2) is 17.5 Å². The zero-order chi connectivity index (χ0) is 12.0. The zero-order valence-corrected chi connectivity index (χ0v) is 9.53. The standard InChI is InChI=1S/C10H17N3O3/c1-10(2,16-6-8-5-15-8)7-12-4-3-9(11)13-14/h3-4,8,11-12H,5-7H2,1-2H3/b4-3-,11-9?/t8-/m1/s1. The number of amidine groups is 1. The number of nitroso groups, excluding NO2 is 1. The average Bonchev–Trinajstić information content (AvgIpc) is 3.05. The second-order valence-electron chi connectivity index (χ2n) is 4.22. The van der Waals surface area contributed by atoms with Crippen molar-refractivity contribution in [3.8, 4) is 0 Å². The number of hydrogen-bond donors (Lipinski definition) is 2. The van der Waals surface area contributed by atoms with Crippen molar-refractivity contribution in [3.63, 3.8) is 0 Å². The highest BCUT2D eigenvalue weighted by atomic mass is 16.6. The van der Waals surface area contributed by atoms with Crippen molar-refractivity contribution >= 4 is 5.84 Å². The topological polar surface area (TPSA) is 87.1 Å². The molecular formula is C10H17N3O3. The van der Waals surface area contributed by atoms with Gasteiger partial charge in [-0.1, -0.05) is 0 Å². The first-order valence-corrected chi connectivity index (χ1v) is 5.11. The minimum absolute atomic E-state index is 0.252. The summed E-state index contributed by atoms with van der Waals surface area (Å²) in [7, 11) is 0. The molecule has 1 saturated heterocycles. The van der Waals surface area contributed by atoms with Gasteiger partial charge in [-0.05, 0) is 19.0 Å². The van der Waals surface area contributed by atoms with E-state index in [4.69, 9.17) is 14.9 Å². The Morgan fingerprint density at radius 3 is 3.00 bits per heavy atom. The molecular weight excluding hydrogens is 210 g/mol. The van der Waals surface area contributed by atoms with Crippen LogP contribution in [0.1, 0.15) is 13.8 Å². The Morgan fingerprint density at radius 1 is 1.75 bits per heavy atom. The summed E-state index contributed by atoms with van der Waals surface area (Å²) in [5.74, 6) is -0.308. The first-order valence-electron chi connectivity index (χ1n) is 5.11. The number of epoxide rings is 1. The number of ether oxygens (including phenoxy) is 2. The van der Waals surface area contributed by atoms with Crippen LogP contribution in [-0.2, 0) is 9.47 Å². The molecule has 2 N–H and O–H groups in total. The molecule has 0 unspecified atom stereocenters. The van der Waals surface area contributed by atoms with Gasteiger partial charge in [-0.2, -0.15) is 0 Å². The molecule has 1 rings (SSSR count). The lowest BCUT2D eigenvalue weighted by Crippen LogP contribution is -2.36. The molecule has 1 aliphatic heterocycles. The smallest absolute Gasteiger partial charge is 0.190 e. The Kier molecular flexibility index (Phi) is 4.57. The van der Waals surface area contributed by atoms with Crippen LogP contribution < -0.4 is 5.32 Å². The number of nitrogens with one attached hydrogen (secondary N) is 2. The number of nitrogens with zero attached hydrogens (tertiary/aromatic N) is 1. The Balaban J connectivity index is 2.15. The molecule has 0 amide bonds. The van der Waals surface area contributed by atoms with Crippen molar-refractivity contribution in [2.45, 2.75) is 25.6 Å². The van der Waals surface area contributed by atoms with Crippen LogP contribution >= 0.6 is 0 Å². The molecule has 16 heavy (non-hydrogen) atoms. The third-order valence-corrected chi connectivity index (χ3v) is 2.05. The minimum Gasteiger partial charge on any atom is -0.388 e. The summed E-state index contributed by atoms with van der Waals surface area (Å²) in [5.41, 5.74) is -0.312. The Morgan fingerprint density at radius 2 is 2.44 bits per heavy atom. The molecule has 90 valence electrons. The Labute approximate surface area is 94.5 Å². The maximum atomic E-state index is 9.89. The molecule has 1 fully saturated rings. The SMILES string of the molecule is CC(C)(CN/C=C\C(=N)N=O)OC[C@H]1CO1. The van der Waals surface area contributed by atoms with Gasteiger partial charge in [0.1, 0.15) is 6.10 Å². The fourth-order valence-corrected chi connectivity index (χ4v) is 1.01. The van der Waals surface area contributed by atoms with E-state index in [1.165, 1.54) is 12.3 Å². The fraction of sp³-hybridized carbons (Fsp3) is 0.700. The minimum atomic E-state index is -0.312. The van der Waals surface area contributed by atoms with Crippen LogP contribution in [0.5, 0.6) is 0 Å². The maximum absolute atomic E-state index is 9.89. The predicted molar refractivity (Wildman–Crippen MR) is 60.4 cm³/mol. The second kappa shape index (κ2) is 5.72. The summed E-state index contributed by atoms with van der Waals surface area (Å²) in [6, 6.07) is 0. The van der Waals surface area contributed by atoms with E-state index in [1.807, 2.05) is 13.8 Å². The van der Waals surface area contributed by atoms with Crippen LogP contribution in [0, 0.1) is 10.3 Å². The van der Waals surface area contributed by atoms with Crippen molar-refractivity contribution in [3.05, 3.63) is 17.2 Å². The summed E-state index contributed by atoms with van der Waals surface area (Å²) in [6.07, 6.45) is 3.07. The first kappa shape index (κ1) is 12.8. The molecule has 1 heterocycles. The zero-order valence-electron chi connectivity index (χ0n) is 9.53. The van der Waals surface area contributed by atoms with Crippen LogP contribution in [-0.4, -0.2) is 37.3 Å². The van der Waals surface area contributed by atoms with E-state index in [-0.39, 0.29) is 17.5 Å². The molecule has 1 aliphatic rings. The third kappa shape index (κ3) is 5.57. The quantitative estimate of drug-likeness (QED) is 0.294. The number of hydrogen-bond acceptors (Lipinski definition) is 5. The molecule has 6 nitrogen and oxygen atoms in total. The van der Waals surface area contributed by atoms with Gasteiger partial charge >= 0.3 is 0 Å².